The van der Waals surface area contributed by atoms with Crippen LogP contribution >= 0.6 is 0 Å². The van der Waals surface area contributed by atoms with Gasteiger partial charge in [0.05, 0.1) is 36.5 Å². The summed E-state index contributed by atoms with van der Waals surface area (Å²) in [6.07, 6.45) is 4.84. The monoisotopic (exact) mass is 547 g/mol. The molecule has 1 fully saturated rings. The van der Waals surface area contributed by atoms with Crippen LogP contribution < -0.4 is 10.2 Å². The standard InChI is InChI=1S/C34H37N5O2/c1-5-25-9-8-10-27(21-25)33(40)37-34-36-30-11-6-7-12-32(30)39(34)23-28-22-26(29(35-4)15-13-24(2)3)14-16-31(28)38-17-19-41-20-18-38/h6-16,21-22H,2,5,17-20,23H2,1,3-4H3,(H,36,37,40)/b15-13-,35-29+. The lowest BCUT2D eigenvalue weighted by Crippen LogP contribution is -2.37. The first-order valence-electron chi connectivity index (χ1n) is 14.1. The van der Waals surface area contributed by atoms with Crippen LogP contribution in [0.2, 0.25) is 0 Å². The Morgan fingerprint density at radius 1 is 1.05 bits per heavy atom. The number of benzene rings is 3. The summed E-state index contributed by atoms with van der Waals surface area (Å²) in [5.41, 5.74) is 8.63. The smallest absolute Gasteiger partial charge is 0.257 e. The fourth-order valence-corrected chi connectivity index (χ4v) is 5.11. The van der Waals surface area contributed by atoms with E-state index in [1.54, 1.807) is 7.05 Å². The maximum absolute atomic E-state index is 13.4. The van der Waals surface area contributed by atoms with Gasteiger partial charge >= 0.3 is 0 Å². The molecule has 5 rings (SSSR count). The highest BCUT2D eigenvalue weighted by atomic mass is 16.5. The van der Waals surface area contributed by atoms with Gasteiger partial charge in [-0.2, -0.15) is 0 Å². The lowest BCUT2D eigenvalue weighted by Gasteiger charge is -2.31. The summed E-state index contributed by atoms with van der Waals surface area (Å²) in [7, 11) is 1.80. The van der Waals surface area contributed by atoms with Crippen LogP contribution in [0.25, 0.3) is 11.0 Å². The van der Waals surface area contributed by atoms with E-state index in [-0.39, 0.29) is 5.91 Å². The number of ether oxygens (including phenoxy) is 1. The van der Waals surface area contributed by atoms with E-state index in [9.17, 15) is 4.79 Å². The summed E-state index contributed by atoms with van der Waals surface area (Å²) in [5.74, 6) is 0.340. The Bertz CT molecular complexity index is 1630. The molecule has 0 saturated carbocycles. The number of carbonyl (C=O) groups excluding carboxylic acids is 1. The first-order chi connectivity index (χ1) is 20.0. The van der Waals surface area contributed by atoms with E-state index < -0.39 is 0 Å². The number of allylic oxidation sites excluding steroid dienone is 3. The van der Waals surface area contributed by atoms with Gasteiger partial charge in [-0.3, -0.25) is 15.1 Å². The number of para-hydroxylation sites is 2. The van der Waals surface area contributed by atoms with Crippen LogP contribution in [0.3, 0.4) is 0 Å². The molecule has 41 heavy (non-hydrogen) atoms. The topological polar surface area (TPSA) is 71.8 Å². The highest BCUT2D eigenvalue weighted by molar-refractivity contribution is 6.09. The van der Waals surface area contributed by atoms with Crippen molar-refractivity contribution in [2.24, 2.45) is 4.99 Å². The van der Waals surface area contributed by atoms with E-state index in [4.69, 9.17) is 9.72 Å². The maximum atomic E-state index is 13.4. The number of fused-ring (bicyclic) bond motifs is 1. The highest BCUT2D eigenvalue weighted by Crippen LogP contribution is 2.29. The summed E-state index contributed by atoms with van der Waals surface area (Å²) in [6, 6.07) is 22.2. The molecular formula is C34H37N5O2. The first-order valence-corrected chi connectivity index (χ1v) is 14.1. The van der Waals surface area contributed by atoms with Crippen molar-refractivity contribution < 1.29 is 9.53 Å². The number of nitrogens with one attached hydrogen (secondary N) is 1. The van der Waals surface area contributed by atoms with Gasteiger partial charge in [0, 0.05) is 37.0 Å². The van der Waals surface area contributed by atoms with Crippen LogP contribution in [0.5, 0.6) is 0 Å². The van der Waals surface area contributed by atoms with Crippen molar-refractivity contribution in [3.05, 3.63) is 113 Å². The molecule has 0 bridgehead atoms. The normalized spacial score (nSPS) is 14.1. The number of nitrogens with zero attached hydrogens (tertiary/aromatic N) is 4. The average molecular weight is 548 g/mol. The SMILES string of the molecule is C=C(C)/C=C\C(=N/C)c1ccc(N2CCOCC2)c(Cn2c(NC(=O)c3cccc(CC)c3)nc3ccccc32)c1. The quantitative estimate of drug-likeness (QED) is 0.198. The largest absolute Gasteiger partial charge is 0.378 e. The summed E-state index contributed by atoms with van der Waals surface area (Å²) in [4.78, 5) is 25.1. The minimum atomic E-state index is -0.177. The van der Waals surface area contributed by atoms with Gasteiger partial charge in [-0.25, -0.2) is 4.98 Å². The third-order valence-corrected chi connectivity index (χ3v) is 7.30. The molecular weight excluding hydrogens is 510 g/mol. The third kappa shape index (κ3) is 6.47. The van der Waals surface area contributed by atoms with Crippen molar-refractivity contribution in [2.75, 3.05) is 43.6 Å². The average Bonchev–Trinajstić information content (AvgIpc) is 3.34. The Morgan fingerprint density at radius 2 is 1.85 bits per heavy atom. The van der Waals surface area contributed by atoms with Crippen LogP contribution in [0.15, 0.2) is 96.0 Å². The summed E-state index contributed by atoms with van der Waals surface area (Å²) >= 11 is 0. The zero-order chi connectivity index (χ0) is 28.8. The number of carbonyl (C=O) groups is 1. The molecule has 1 aliphatic rings. The fraction of sp³-hybridized carbons (Fsp3) is 0.265. The molecule has 210 valence electrons. The molecule has 1 aliphatic heterocycles. The van der Waals surface area contributed by atoms with Crippen LogP contribution in [0, 0.1) is 0 Å². The lowest BCUT2D eigenvalue weighted by molar-refractivity contribution is 0.102. The van der Waals surface area contributed by atoms with Crippen molar-refractivity contribution in [1.29, 1.82) is 0 Å². The predicted octanol–water partition coefficient (Wildman–Crippen LogP) is 6.29. The number of anilines is 2. The molecule has 0 spiro atoms. The summed E-state index contributed by atoms with van der Waals surface area (Å²) in [6.45, 7) is 11.6. The second-order valence-corrected chi connectivity index (χ2v) is 10.2. The number of hydrogen-bond acceptors (Lipinski definition) is 5. The Balaban J connectivity index is 1.57. The molecule has 0 atom stereocenters. The Labute approximate surface area is 241 Å². The molecule has 4 aromatic rings. The minimum Gasteiger partial charge on any atom is -0.378 e. The number of rotatable bonds is 9. The van der Waals surface area contributed by atoms with E-state index in [2.05, 4.69) is 51.5 Å². The lowest BCUT2D eigenvalue weighted by atomic mass is 10.0. The first kappa shape index (κ1) is 28.1. The molecule has 0 aliphatic carbocycles. The van der Waals surface area contributed by atoms with Crippen LogP contribution in [0.1, 0.15) is 40.9 Å². The second kappa shape index (κ2) is 12.8. The number of aryl methyl sites for hydroxylation is 1. The van der Waals surface area contributed by atoms with Crippen molar-refractivity contribution in [2.45, 2.75) is 26.8 Å². The van der Waals surface area contributed by atoms with Gasteiger partial charge in [-0.1, -0.05) is 55.5 Å². The number of amides is 1. The molecule has 7 heteroatoms. The van der Waals surface area contributed by atoms with Gasteiger partial charge < -0.3 is 14.2 Å². The van der Waals surface area contributed by atoms with Crippen LogP contribution in [-0.4, -0.2) is 54.5 Å². The summed E-state index contributed by atoms with van der Waals surface area (Å²) < 4.78 is 7.73. The molecule has 0 unspecified atom stereocenters. The second-order valence-electron chi connectivity index (χ2n) is 10.2. The molecule has 1 amide bonds. The Kier molecular flexibility index (Phi) is 8.75. The van der Waals surface area contributed by atoms with Crippen molar-refractivity contribution in [1.82, 2.24) is 9.55 Å². The zero-order valence-electron chi connectivity index (χ0n) is 24.1. The Morgan fingerprint density at radius 3 is 2.61 bits per heavy atom. The minimum absolute atomic E-state index is 0.177. The van der Waals surface area contributed by atoms with E-state index in [1.807, 2.05) is 67.6 Å². The van der Waals surface area contributed by atoms with Gasteiger partial charge in [0.1, 0.15) is 0 Å². The number of morpholine rings is 1. The summed E-state index contributed by atoms with van der Waals surface area (Å²) in [5, 5.41) is 3.10. The molecule has 1 N–H and O–H groups in total. The maximum Gasteiger partial charge on any atom is 0.257 e. The van der Waals surface area contributed by atoms with Crippen LogP contribution in [-0.2, 0) is 17.7 Å². The van der Waals surface area contributed by atoms with E-state index in [0.29, 0.717) is 31.3 Å². The molecule has 3 aromatic carbocycles. The number of hydrogen-bond donors (Lipinski definition) is 1. The van der Waals surface area contributed by atoms with Gasteiger partial charge in [-0.05, 0) is 66.9 Å². The fourth-order valence-electron chi connectivity index (χ4n) is 5.11. The molecule has 0 radical (unpaired) electrons. The van der Waals surface area contributed by atoms with Gasteiger partial charge in [0.2, 0.25) is 5.95 Å². The van der Waals surface area contributed by atoms with Gasteiger partial charge in [-0.15, -0.1) is 0 Å². The highest BCUT2D eigenvalue weighted by Gasteiger charge is 2.20. The van der Waals surface area contributed by atoms with E-state index in [1.165, 1.54) is 0 Å². The number of aliphatic imine (C=N–C) groups is 1. The van der Waals surface area contributed by atoms with Crippen molar-refractivity contribution in [3.63, 3.8) is 0 Å². The molecule has 2 heterocycles. The third-order valence-electron chi connectivity index (χ3n) is 7.30. The van der Waals surface area contributed by atoms with Gasteiger partial charge in [0.25, 0.3) is 5.91 Å². The van der Waals surface area contributed by atoms with E-state index in [0.717, 1.165) is 64.2 Å². The molecule has 1 aromatic heterocycles. The number of aromatic nitrogens is 2. The molecule has 7 nitrogen and oxygen atoms in total. The van der Waals surface area contributed by atoms with Crippen LogP contribution in [0.4, 0.5) is 11.6 Å². The van der Waals surface area contributed by atoms with Crippen molar-refractivity contribution >= 4 is 34.3 Å². The zero-order valence-corrected chi connectivity index (χ0v) is 24.1. The van der Waals surface area contributed by atoms with E-state index >= 15 is 0 Å². The van der Waals surface area contributed by atoms with Gasteiger partial charge in [0.15, 0.2) is 0 Å². The van der Waals surface area contributed by atoms with Crippen molar-refractivity contribution in [3.8, 4) is 0 Å². The molecule has 1 saturated heterocycles. The predicted molar refractivity (Wildman–Crippen MR) is 168 cm³/mol. The Hall–Kier alpha value is -4.49. The number of imidazole rings is 1.